The van der Waals surface area contributed by atoms with Crippen LogP contribution >= 0.6 is 12.2 Å². The van der Waals surface area contributed by atoms with Crippen LogP contribution in [-0.2, 0) is 9.59 Å². The Morgan fingerprint density at radius 3 is 2.08 bits per heavy atom. The first-order valence-corrected chi connectivity index (χ1v) is 11.7. The van der Waals surface area contributed by atoms with Gasteiger partial charge >= 0.3 is 0 Å². The van der Waals surface area contributed by atoms with E-state index in [2.05, 4.69) is 5.32 Å². The first kappa shape index (κ1) is 23.8. The number of carbonyl (C=O) groups is 2. The maximum absolute atomic E-state index is 13.0. The Bertz CT molecular complexity index is 1580. The third kappa shape index (κ3) is 4.43. The summed E-state index contributed by atoms with van der Waals surface area (Å²) in [4.78, 5) is 37.8. The first-order chi connectivity index (χ1) is 17.8. The van der Waals surface area contributed by atoms with Crippen LogP contribution in [0.25, 0.3) is 34.3 Å². The fraction of sp³-hybridized carbons (Fsp3) is 0.0357. The maximum atomic E-state index is 13.0. The van der Waals surface area contributed by atoms with Gasteiger partial charge in [-0.05, 0) is 47.6 Å². The third-order valence-electron chi connectivity index (χ3n) is 6.07. The number of likely N-dealkylation sites (N-methyl/N-ethyl adjacent to an activating group) is 1. The van der Waals surface area contributed by atoms with Gasteiger partial charge in [0.1, 0.15) is 5.57 Å². The number of nitro benzene ring substituents is 1. The van der Waals surface area contributed by atoms with Gasteiger partial charge in [-0.15, -0.1) is 0 Å². The summed E-state index contributed by atoms with van der Waals surface area (Å²) in [5, 5.41) is 13.9. The van der Waals surface area contributed by atoms with Crippen molar-refractivity contribution in [2.75, 3.05) is 7.05 Å². The zero-order chi connectivity index (χ0) is 26.1. The van der Waals surface area contributed by atoms with Gasteiger partial charge in [0.15, 0.2) is 5.11 Å². The SMILES string of the molecule is CN1C(=O)/C(=C\c2cc(-c3ccccc3)n(-c3ccc([N+](=O)[O-])cc3)c2-c2ccccc2)C(=O)NC1=S. The molecule has 4 aromatic rings. The van der Waals surface area contributed by atoms with Crippen molar-refractivity contribution in [2.45, 2.75) is 0 Å². The summed E-state index contributed by atoms with van der Waals surface area (Å²) in [5.41, 5.74) is 4.47. The molecule has 37 heavy (non-hydrogen) atoms. The van der Waals surface area contributed by atoms with Gasteiger partial charge in [-0.25, -0.2) is 0 Å². The molecule has 0 atom stereocenters. The van der Waals surface area contributed by atoms with Gasteiger partial charge in [0.25, 0.3) is 17.5 Å². The molecular weight excluding hydrogens is 488 g/mol. The Morgan fingerprint density at radius 1 is 0.892 bits per heavy atom. The number of rotatable bonds is 5. The van der Waals surface area contributed by atoms with Crippen molar-refractivity contribution in [1.82, 2.24) is 14.8 Å². The lowest BCUT2D eigenvalue weighted by molar-refractivity contribution is -0.384. The lowest BCUT2D eigenvalue weighted by Crippen LogP contribution is -2.52. The summed E-state index contributed by atoms with van der Waals surface area (Å²) in [5.74, 6) is -1.08. The second-order valence-corrected chi connectivity index (χ2v) is 8.74. The molecule has 0 saturated carbocycles. The van der Waals surface area contributed by atoms with E-state index in [0.717, 1.165) is 22.5 Å². The van der Waals surface area contributed by atoms with Crippen LogP contribution in [0.5, 0.6) is 0 Å². The lowest BCUT2D eigenvalue weighted by atomic mass is 10.0. The number of hydrogen-bond acceptors (Lipinski definition) is 5. The average Bonchev–Trinajstić information content (AvgIpc) is 3.30. The Morgan fingerprint density at radius 2 is 1.49 bits per heavy atom. The number of amides is 2. The summed E-state index contributed by atoms with van der Waals surface area (Å²) in [6.07, 6.45) is 1.56. The van der Waals surface area contributed by atoms with Gasteiger partial charge in [-0.3, -0.25) is 29.9 Å². The van der Waals surface area contributed by atoms with Gasteiger partial charge < -0.3 is 4.57 Å². The smallest absolute Gasteiger partial charge is 0.269 e. The molecule has 1 N–H and O–H groups in total. The second kappa shape index (κ2) is 9.63. The molecule has 5 rings (SSSR count). The molecule has 0 spiro atoms. The molecule has 1 fully saturated rings. The minimum Gasteiger partial charge on any atom is -0.309 e. The highest BCUT2D eigenvalue weighted by Crippen LogP contribution is 2.37. The monoisotopic (exact) mass is 508 g/mol. The minimum atomic E-state index is -0.573. The zero-order valence-electron chi connectivity index (χ0n) is 19.6. The number of nitrogens with one attached hydrogen (secondary N) is 1. The highest BCUT2D eigenvalue weighted by molar-refractivity contribution is 7.80. The van der Waals surface area contributed by atoms with Crippen molar-refractivity contribution in [3.8, 4) is 28.2 Å². The number of nitrogens with zero attached hydrogens (tertiary/aromatic N) is 3. The van der Waals surface area contributed by atoms with Crippen molar-refractivity contribution >= 4 is 40.9 Å². The fourth-order valence-electron chi connectivity index (χ4n) is 4.25. The number of non-ortho nitro benzene ring substituents is 1. The number of thiocarbonyl (C=S) groups is 1. The van der Waals surface area contributed by atoms with E-state index >= 15 is 0 Å². The summed E-state index contributed by atoms with van der Waals surface area (Å²) < 4.78 is 1.97. The van der Waals surface area contributed by atoms with E-state index in [0.29, 0.717) is 11.3 Å². The fourth-order valence-corrected chi connectivity index (χ4v) is 4.42. The Labute approximate surface area is 217 Å². The van der Waals surface area contributed by atoms with E-state index < -0.39 is 16.7 Å². The molecule has 8 nitrogen and oxygen atoms in total. The van der Waals surface area contributed by atoms with Gasteiger partial charge in [0.2, 0.25) is 0 Å². The standard InChI is InChI=1S/C28H20N4O4S/c1-30-27(34)23(26(33)29-28(30)37)16-20-17-24(18-8-4-2-5-9-18)31(25(20)19-10-6-3-7-11-19)21-12-14-22(15-13-21)32(35)36/h2-17H,1H3,(H,29,33,37)/b23-16-. The molecule has 1 aliphatic rings. The predicted octanol–water partition coefficient (Wildman–Crippen LogP) is 4.98. The summed E-state index contributed by atoms with van der Waals surface area (Å²) >= 11 is 5.08. The number of hydrogen-bond donors (Lipinski definition) is 1. The van der Waals surface area contributed by atoms with Crippen molar-refractivity contribution in [2.24, 2.45) is 0 Å². The minimum absolute atomic E-state index is 0.0238. The van der Waals surface area contributed by atoms with Gasteiger partial charge in [-0.1, -0.05) is 60.7 Å². The molecule has 182 valence electrons. The van der Waals surface area contributed by atoms with Crippen molar-refractivity contribution < 1.29 is 14.5 Å². The van der Waals surface area contributed by atoms with Crippen molar-refractivity contribution in [3.63, 3.8) is 0 Å². The topological polar surface area (TPSA) is 97.5 Å². The van der Waals surface area contributed by atoms with Crippen LogP contribution in [0, 0.1) is 10.1 Å². The number of aromatic nitrogens is 1. The van der Waals surface area contributed by atoms with E-state index in [1.54, 1.807) is 18.2 Å². The van der Waals surface area contributed by atoms with Crippen LogP contribution in [0.15, 0.2) is 96.6 Å². The molecule has 9 heteroatoms. The molecule has 1 aliphatic heterocycles. The normalized spacial score (nSPS) is 14.7. The second-order valence-electron chi connectivity index (χ2n) is 8.36. The van der Waals surface area contributed by atoms with E-state index in [4.69, 9.17) is 12.2 Å². The quantitative estimate of drug-likeness (QED) is 0.135. The Balaban J connectivity index is 1.82. The lowest BCUT2D eigenvalue weighted by Gasteiger charge is -2.25. The van der Waals surface area contributed by atoms with Crippen molar-refractivity contribution in [1.29, 1.82) is 0 Å². The summed E-state index contributed by atoms with van der Waals surface area (Å²) in [6, 6.07) is 27.3. The molecule has 0 radical (unpaired) electrons. The Kier molecular flexibility index (Phi) is 6.21. The van der Waals surface area contributed by atoms with Crippen molar-refractivity contribution in [3.05, 3.63) is 112 Å². The highest BCUT2D eigenvalue weighted by Gasteiger charge is 2.31. The van der Waals surface area contributed by atoms with Gasteiger partial charge in [0.05, 0.1) is 16.3 Å². The van der Waals surface area contributed by atoms with E-state index in [1.165, 1.54) is 24.1 Å². The number of benzene rings is 3. The molecule has 1 saturated heterocycles. The molecule has 2 amide bonds. The molecule has 1 aromatic heterocycles. The molecule has 0 unspecified atom stereocenters. The van der Waals surface area contributed by atoms with E-state index in [1.807, 2.05) is 71.3 Å². The van der Waals surface area contributed by atoms with Crippen LogP contribution in [0.2, 0.25) is 0 Å². The number of carbonyl (C=O) groups excluding carboxylic acids is 2. The van der Waals surface area contributed by atoms with Crippen LogP contribution in [0.1, 0.15) is 5.56 Å². The molecule has 2 heterocycles. The van der Waals surface area contributed by atoms with Gasteiger partial charge in [-0.2, -0.15) is 0 Å². The molecule has 3 aromatic carbocycles. The maximum Gasteiger partial charge on any atom is 0.269 e. The first-order valence-electron chi connectivity index (χ1n) is 11.3. The summed E-state index contributed by atoms with van der Waals surface area (Å²) in [6.45, 7) is 0. The van der Waals surface area contributed by atoms with Crippen LogP contribution in [0.3, 0.4) is 0 Å². The molecule has 0 bridgehead atoms. The highest BCUT2D eigenvalue weighted by atomic mass is 32.1. The molecule has 0 aliphatic carbocycles. The summed E-state index contributed by atoms with van der Waals surface area (Å²) in [7, 11) is 1.51. The largest absolute Gasteiger partial charge is 0.309 e. The van der Waals surface area contributed by atoms with Crippen LogP contribution in [-0.4, -0.2) is 38.4 Å². The predicted molar refractivity (Wildman–Crippen MR) is 145 cm³/mol. The average molecular weight is 509 g/mol. The number of nitro groups is 1. The van der Waals surface area contributed by atoms with Gasteiger partial charge in [0, 0.05) is 30.4 Å². The van der Waals surface area contributed by atoms with Crippen LogP contribution in [0.4, 0.5) is 5.69 Å². The molecular formula is C28H20N4O4S. The van der Waals surface area contributed by atoms with Crippen LogP contribution < -0.4 is 5.32 Å². The zero-order valence-corrected chi connectivity index (χ0v) is 20.4. The van der Waals surface area contributed by atoms with E-state index in [9.17, 15) is 19.7 Å². The third-order valence-corrected chi connectivity index (χ3v) is 6.45. The Hall–Kier alpha value is -4.89. The van der Waals surface area contributed by atoms with E-state index in [-0.39, 0.29) is 16.4 Å².